The van der Waals surface area contributed by atoms with E-state index in [2.05, 4.69) is 26.6 Å². The summed E-state index contributed by atoms with van der Waals surface area (Å²) in [6.07, 6.45) is 2.98. The maximum Gasteiger partial charge on any atom is 0.305 e. The van der Waals surface area contributed by atoms with Gasteiger partial charge in [0.25, 0.3) is 0 Å². The molecule has 2 rings (SSSR count). The van der Waals surface area contributed by atoms with Crippen molar-refractivity contribution in [2.75, 3.05) is 6.16 Å². The van der Waals surface area contributed by atoms with Crippen LogP contribution in [0.1, 0.15) is 19.8 Å². The fraction of sp³-hybridized carbons (Fsp3) is 0.368. The minimum absolute atomic E-state index is 0.833. The molecule has 0 bridgehead atoms. The SMILES string of the molecule is CCCCP(=N[Si](C)(C)C)(Oc1ccccc1)Oc1ccccc1. The molecule has 0 spiro atoms. The van der Waals surface area contributed by atoms with Crippen molar-refractivity contribution in [1.29, 1.82) is 0 Å². The van der Waals surface area contributed by atoms with E-state index in [1.165, 1.54) is 0 Å². The molecule has 0 amide bonds. The lowest BCUT2D eigenvalue weighted by atomic mass is 10.3. The van der Waals surface area contributed by atoms with Gasteiger partial charge in [0.1, 0.15) is 11.5 Å². The number of benzene rings is 2. The van der Waals surface area contributed by atoms with Crippen LogP contribution < -0.4 is 9.05 Å². The molecule has 0 aliphatic heterocycles. The molecular weight excluding hydrogens is 333 g/mol. The predicted molar refractivity (Wildman–Crippen MR) is 107 cm³/mol. The highest BCUT2D eigenvalue weighted by Crippen LogP contribution is 2.53. The van der Waals surface area contributed by atoms with E-state index in [0.717, 1.165) is 30.5 Å². The summed E-state index contributed by atoms with van der Waals surface area (Å²) < 4.78 is 18.1. The van der Waals surface area contributed by atoms with Gasteiger partial charge < -0.3 is 9.05 Å². The van der Waals surface area contributed by atoms with Crippen LogP contribution >= 0.6 is 7.51 Å². The van der Waals surface area contributed by atoms with Gasteiger partial charge in [0.05, 0.1) is 6.16 Å². The fourth-order valence-corrected chi connectivity index (χ4v) is 8.53. The molecule has 2 aromatic rings. The Balaban J connectivity index is 2.44. The standard InChI is InChI=1S/C19H28NO2PSi/c1-5-6-17-23(20-24(2,3)4,21-18-13-9-7-10-14-18)22-19-15-11-8-12-16-19/h7-16H,5-6,17H2,1-4H3. The number of unbranched alkanes of at least 4 members (excludes halogenated alkanes) is 1. The largest absolute Gasteiger partial charge is 0.431 e. The molecule has 2 aromatic carbocycles. The van der Waals surface area contributed by atoms with Gasteiger partial charge in [-0.3, -0.25) is 4.41 Å². The summed E-state index contributed by atoms with van der Waals surface area (Å²) in [6, 6.07) is 19.9. The number of para-hydroxylation sites is 2. The van der Waals surface area contributed by atoms with Crippen LogP contribution in [-0.4, -0.2) is 14.4 Å². The van der Waals surface area contributed by atoms with E-state index in [-0.39, 0.29) is 0 Å². The molecule has 0 aromatic heterocycles. The molecule has 0 N–H and O–H groups in total. The van der Waals surface area contributed by atoms with Crippen LogP contribution in [0.5, 0.6) is 11.5 Å². The lowest BCUT2D eigenvalue weighted by molar-refractivity contribution is 0.472. The molecule has 3 nitrogen and oxygen atoms in total. The zero-order valence-electron chi connectivity index (χ0n) is 15.1. The van der Waals surface area contributed by atoms with Crippen molar-refractivity contribution in [2.45, 2.75) is 39.4 Å². The Morgan fingerprint density at radius 1 is 0.833 bits per heavy atom. The fourth-order valence-electron chi connectivity index (χ4n) is 2.31. The first kappa shape index (κ1) is 18.8. The van der Waals surface area contributed by atoms with Crippen molar-refractivity contribution in [3.8, 4) is 11.5 Å². The highest BCUT2D eigenvalue weighted by molar-refractivity contribution is 7.58. The third kappa shape index (κ3) is 6.18. The third-order valence-electron chi connectivity index (χ3n) is 3.23. The van der Waals surface area contributed by atoms with Crippen LogP contribution in [0.15, 0.2) is 65.1 Å². The molecule has 0 aliphatic rings. The molecule has 0 atom stereocenters. The van der Waals surface area contributed by atoms with Crippen molar-refractivity contribution in [2.24, 2.45) is 4.41 Å². The zero-order valence-corrected chi connectivity index (χ0v) is 17.0. The quantitative estimate of drug-likeness (QED) is 0.382. The predicted octanol–water partition coefficient (Wildman–Crippen LogP) is 6.81. The Morgan fingerprint density at radius 2 is 1.29 bits per heavy atom. The Hall–Kier alpha value is -1.51. The van der Waals surface area contributed by atoms with E-state index in [4.69, 9.17) is 13.5 Å². The van der Waals surface area contributed by atoms with Crippen molar-refractivity contribution in [1.82, 2.24) is 0 Å². The molecule has 0 radical (unpaired) electrons. The van der Waals surface area contributed by atoms with Crippen LogP contribution in [0, 0.1) is 0 Å². The monoisotopic (exact) mass is 361 g/mol. The van der Waals surface area contributed by atoms with Gasteiger partial charge in [-0.25, -0.2) is 0 Å². The van der Waals surface area contributed by atoms with E-state index < -0.39 is 15.7 Å². The summed E-state index contributed by atoms with van der Waals surface area (Å²) in [5, 5.41) is 0. The van der Waals surface area contributed by atoms with Crippen LogP contribution in [0.25, 0.3) is 0 Å². The van der Waals surface area contributed by atoms with Gasteiger partial charge in [-0.05, 0) is 50.3 Å². The molecular formula is C19H28NO2PSi. The average molecular weight is 361 g/mol. The molecule has 0 saturated heterocycles. The first-order valence-corrected chi connectivity index (χ1v) is 13.8. The lowest BCUT2D eigenvalue weighted by Crippen LogP contribution is -2.19. The summed E-state index contributed by atoms with van der Waals surface area (Å²) in [4.78, 5) is 0. The van der Waals surface area contributed by atoms with Gasteiger partial charge in [-0.2, -0.15) is 0 Å². The van der Waals surface area contributed by atoms with E-state index in [9.17, 15) is 0 Å². The number of hydrogen-bond donors (Lipinski definition) is 0. The van der Waals surface area contributed by atoms with Gasteiger partial charge in [0.15, 0.2) is 8.24 Å². The molecule has 0 saturated carbocycles. The Bertz CT molecular complexity index is 623. The second-order valence-electron chi connectivity index (χ2n) is 6.79. The van der Waals surface area contributed by atoms with Gasteiger partial charge in [-0.15, -0.1) is 0 Å². The summed E-state index contributed by atoms with van der Waals surface area (Å²) in [7, 11) is -4.12. The highest BCUT2D eigenvalue weighted by Gasteiger charge is 2.29. The molecule has 24 heavy (non-hydrogen) atoms. The van der Waals surface area contributed by atoms with E-state index in [1.807, 2.05) is 60.7 Å². The van der Waals surface area contributed by atoms with Gasteiger partial charge in [0, 0.05) is 0 Å². The van der Waals surface area contributed by atoms with Crippen LogP contribution in [0.2, 0.25) is 19.6 Å². The van der Waals surface area contributed by atoms with Gasteiger partial charge in [0.2, 0.25) is 0 Å². The maximum atomic E-state index is 6.44. The normalized spacial score (nSPS) is 11.8. The van der Waals surface area contributed by atoms with Gasteiger partial charge >= 0.3 is 7.51 Å². The minimum atomic E-state index is -2.39. The molecule has 0 unspecified atom stereocenters. The topological polar surface area (TPSA) is 30.8 Å². The minimum Gasteiger partial charge on any atom is -0.431 e. The van der Waals surface area contributed by atoms with Gasteiger partial charge in [-0.1, -0.05) is 49.7 Å². The van der Waals surface area contributed by atoms with E-state index in [1.54, 1.807) is 0 Å². The maximum absolute atomic E-state index is 6.44. The number of rotatable bonds is 8. The van der Waals surface area contributed by atoms with Crippen molar-refractivity contribution < 1.29 is 9.05 Å². The molecule has 0 heterocycles. The molecule has 0 aliphatic carbocycles. The molecule has 0 fully saturated rings. The molecule has 130 valence electrons. The van der Waals surface area contributed by atoms with Crippen molar-refractivity contribution in [3.05, 3.63) is 60.7 Å². The van der Waals surface area contributed by atoms with E-state index in [0.29, 0.717) is 0 Å². The van der Waals surface area contributed by atoms with Crippen LogP contribution in [0.4, 0.5) is 0 Å². The lowest BCUT2D eigenvalue weighted by Gasteiger charge is -2.29. The summed E-state index contributed by atoms with van der Waals surface area (Å²) in [6.45, 7) is 8.89. The first-order valence-electron chi connectivity index (χ1n) is 8.54. The average Bonchev–Trinajstić information content (AvgIpc) is 2.53. The summed E-state index contributed by atoms with van der Waals surface area (Å²) in [5.74, 6) is 1.67. The number of nitrogens with zero attached hydrogens (tertiary/aromatic N) is 1. The summed E-state index contributed by atoms with van der Waals surface area (Å²) >= 11 is 0. The van der Waals surface area contributed by atoms with Crippen molar-refractivity contribution >= 4 is 15.7 Å². The first-order chi connectivity index (χ1) is 11.4. The number of hydrogen-bond acceptors (Lipinski definition) is 3. The second-order valence-corrected chi connectivity index (χ2v) is 14.0. The van der Waals surface area contributed by atoms with E-state index >= 15 is 0 Å². The van der Waals surface area contributed by atoms with Crippen LogP contribution in [-0.2, 0) is 0 Å². The van der Waals surface area contributed by atoms with Crippen molar-refractivity contribution in [3.63, 3.8) is 0 Å². The third-order valence-corrected chi connectivity index (χ3v) is 8.72. The Kier molecular flexibility index (Phi) is 6.70. The zero-order chi connectivity index (χ0) is 17.5. The molecule has 5 heteroatoms. The Morgan fingerprint density at radius 3 is 1.67 bits per heavy atom. The highest BCUT2D eigenvalue weighted by atomic mass is 31.2. The summed E-state index contributed by atoms with van der Waals surface area (Å²) in [5.41, 5.74) is 0. The second kappa shape index (κ2) is 8.54. The Labute approximate surface area is 147 Å². The smallest absolute Gasteiger partial charge is 0.305 e. The van der Waals surface area contributed by atoms with Crippen LogP contribution in [0.3, 0.4) is 0 Å².